The Morgan fingerprint density at radius 2 is 1.85 bits per heavy atom. The lowest BCUT2D eigenvalue weighted by molar-refractivity contribution is -0.134. The Morgan fingerprint density at radius 3 is 2.45 bits per heavy atom. The van der Waals surface area contributed by atoms with Gasteiger partial charge < -0.3 is 34.1 Å². The summed E-state index contributed by atoms with van der Waals surface area (Å²) >= 11 is 0. The molecule has 0 aliphatic carbocycles. The van der Waals surface area contributed by atoms with Crippen LogP contribution in [0.3, 0.4) is 0 Å². The molecule has 0 saturated carbocycles. The molecule has 216 valence electrons. The summed E-state index contributed by atoms with van der Waals surface area (Å²) in [5.41, 5.74) is 1.01. The Kier molecular flexibility index (Phi) is 8.69. The summed E-state index contributed by atoms with van der Waals surface area (Å²) in [5.74, 6) is 0.494. The molecule has 2 aliphatic rings. The van der Waals surface area contributed by atoms with Crippen LogP contribution >= 0.6 is 0 Å². The smallest absolute Gasteiger partial charge is 0.289 e. The molecule has 0 spiro atoms. The van der Waals surface area contributed by atoms with Crippen molar-refractivity contribution in [2.75, 3.05) is 58.2 Å². The molecule has 0 radical (unpaired) electrons. The lowest BCUT2D eigenvalue weighted by Gasteiger charge is -2.21. The number of nitrogens with one attached hydrogen (secondary N) is 1. The zero-order chi connectivity index (χ0) is 29.2. The van der Waals surface area contributed by atoms with Gasteiger partial charge in [-0.25, -0.2) is 0 Å². The minimum atomic E-state index is -1.58. The summed E-state index contributed by atoms with van der Waals surface area (Å²) in [6, 6.07) is 6.05. The summed E-state index contributed by atoms with van der Waals surface area (Å²) in [6.45, 7) is 11.2. The molecule has 1 saturated heterocycles. The molecule has 4 rings (SSSR count). The van der Waals surface area contributed by atoms with E-state index in [1.165, 1.54) is 25.5 Å². The number of methoxy groups -OCH3 is 2. The van der Waals surface area contributed by atoms with Gasteiger partial charge in [0, 0.05) is 19.6 Å². The molecule has 1 N–H and O–H groups in total. The van der Waals surface area contributed by atoms with E-state index in [1.807, 2.05) is 19.1 Å². The van der Waals surface area contributed by atoms with Crippen LogP contribution in [0.2, 0.25) is 19.6 Å². The van der Waals surface area contributed by atoms with Crippen molar-refractivity contribution >= 4 is 36.6 Å². The van der Waals surface area contributed by atoms with Crippen molar-refractivity contribution in [2.45, 2.75) is 39.1 Å². The molecule has 2 unspecified atom stereocenters. The Bertz CT molecular complexity index is 1280. The van der Waals surface area contributed by atoms with Gasteiger partial charge in [0.25, 0.3) is 11.9 Å². The Labute approximate surface area is 236 Å². The summed E-state index contributed by atoms with van der Waals surface area (Å²) in [4.78, 5) is 39.2. The van der Waals surface area contributed by atoms with Gasteiger partial charge in [-0.2, -0.15) is 9.97 Å². The van der Waals surface area contributed by atoms with E-state index in [2.05, 4.69) is 64.9 Å². The molecule has 2 aromatic rings. The standard InChI is InChI=1S/C28H39N5O6Si/c1-17-9-10-19(40(6,7)8)13-21(17)38-22-14-20(34)24(39-22)25(35)29-23-26(36-4)30-28(31-27(23)37-5)33-12-11-18(16-33)15-32(2)3/h9-10,13-14,18,24H,11-12,15-16H2,1-8H3,(H,29,35). The van der Waals surface area contributed by atoms with Crippen LogP contribution in [0, 0.1) is 12.8 Å². The molecule has 1 aromatic carbocycles. The highest BCUT2D eigenvalue weighted by atomic mass is 28.3. The fourth-order valence-corrected chi connectivity index (χ4v) is 5.89. The maximum atomic E-state index is 13.2. The average Bonchev–Trinajstić information content (AvgIpc) is 3.50. The van der Waals surface area contributed by atoms with Gasteiger partial charge in [0.05, 0.1) is 28.4 Å². The Hall–Kier alpha value is -3.64. The highest BCUT2D eigenvalue weighted by molar-refractivity contribution is 6.88. The number of benzene rings is 1. The van der Waals surface area contributed by atoms with E-state index in [1.54, 1.807) is 0 Å². The monoisotopic (exact) mass is 569 g/mol. The maximum Gasteiger partial charge on any atom is 0.289 e. The van der Waals surface area contributed by atoms with Gasteiger partial charge in [-0.15, -0.1) is 0 Å². The largest absolute Gasteiger partial charge is 0.479 e. The van der Waals surface area contributed by atoms with Crippen LogP contribution in [0.5, 0.6) is 17.5 Å². The second-order valence-electron chi connectivity index (χ2n) is 11.5. The lowest BCUT2D eigenvalue weighted by atomic mass is 10.1. The third kappa shape index (κ3) is 6.56. The zero-order valence-electron chi connectivity index (χ0n) is 24.5. The molecule has 40 heavy (non-hydrogen) atoms. The van der Waals surface area contributed by atoms with Gasteiger partial charge in [-0.3, -0.25) is 9.59 Å². The number of ketones is 1. The van der Waals surface area contributed by atoms with Crippen LogP contribution in [-0.2, 0) is 14.3 Å². The molecule has 1 fully saturated rings. The van der Waals surface area contributed by atoms with Crippen LogP contribution in [0.25, 0.3) is 0 Å². The van der Waals surface area contributed by atoms with E-state index in [-0.39, 0.29) is 23.4 Å². The topological polar surface area (TPSA) is 115 Å². The second kappa shape index (κ2) is 11.8. The number of hydrogen-bond donors (Lipinski definition) is 1. The third-order valence-corrected chi connectivity index (χ3v) is 8.96. The molecule has 2 atom stereocenters. The number of amides is 1. The molecule has 1 amide bonds. The van der Waals surface area contributed by atoms with Crippen molar-refractivity contribution in [3.63, 3.8) is 0 Å². The number of anilines is 2. The third-order valence-electron chi connectivity index (χ3n) is 6.91. The Balaban J connectivity index is 1.47. The van der Waals surface area contributed by atoms with Gasteiger partial charge in [0.1, 0.15) is 5.75 Å². The predicted octanol–water partition coefficient (Wildman–Crippen LogP) is 2.56. The first-order chi connectivity index (χ1) is 18.9. The number of aromatic nitrogens is 2. The molecular formula is C28H39N5O6Si. The predicted molar refractivity (Wildman–Crippen MR) is 155 cm³/mol. The number of hydrogen-bond acceptors (Lipinski definition) is 10. The van der Waals surface area contributed by atoms with Crippen LogP contribution in [0.1, 0.15) is 12.0 Å². The first kappa shape index (κ1) is 29.3. The van der Waals surface area contributed by atoms with Crippen LogP contribution in [0.15, 0.2) is 30.2 Å². The number of carbonyl (C=O) groups is 2. The van der Waals surface area contributed by atoms with E-state index in [0.717, 1.165) is 31.6 Å². The van der Waals surface area contributed by atoms with Gasteiger partial charge in [-0.05, 0) is 45.0 Å². The van der Waals surface area contributed by atoms with Crippen molar-refractivity contribution in [1.29, 1.82) is 0 Å². The normalized spacial score (nSPS) is 19.0. The number of ether oxygens (including phenoxy) is 4. The zero-order valence-corrected chi connectivity index (χ0v) is 25.5. The van der Waals surface area contributed by atoms with Gasteiger partial charge in [0.15, 0.2) is 5.69 Å². The highest BCUT2D eigenvalue weighted by Crippen LogP contribution is 2.35. The number of aryl methyl sites for hydroxylation is 1. The van der Waals surface area contributed by atoms with E-state index >= 15 is 0 Å². The van der Waals surface area contributed by atoms with Crippen LogP contribution in [-0.4, -0.2) is 88.7 Å². The number of nitrogens with zero attached hydrogens (tertiary/aromatic N) is 4. The maximum absolute atomic E-state index is 13.2. The molecule has 12 heteroatoms. The SMILES string of the molecule is COc1nc(N2CCC(CN(C)C)C2)nc(OC)c1NC(=O)C1OC(Oc2cc([Si](C)(C)C)ccc2C)=CC1=O. The van der Waals surface area contributed by atoms with Crippen LogP contribution < -0.4 is 29.6 Å². The Morgan fingerprint density at radius 1 is 1.18 bits per heavy atom. The van der Waals surface area contributed by atoms with Crippen molar-refractivity contribution < 1.29 is 28.5 Å². The van der Waals surface area contributed by atoms with Crippen LogP contribution in [0.4, 0.5) is 11.6 Å². The highest BCUT2D eigenvalue weighted by Gasteiger charge is 2.37. The van der Waals surface area contributed by atoms with E-state index in [9.17, 15) is 9.59 Å². The minimum Gasteiger partial charge on any atom is -0.479 e. The molecular weight excluding hydrogens is 530 g/mol. The average molecular weight is 570 g/mol. The summed E-state index contributed by atoms with van der Waals surface area (Å²) < 4.78 is 22.5. The molecule has 3 heterocycles. The molecule has 11 nitrogen and oxygen atoms in total. The fraction of sp³-hybridized carbons (Fsp3) is 0.500. The lowest BCUT2D eigenvalue weighted by Crippen LogP contribution is -2.37. The summed E-state index contributed by atoms with van der Waals surface area (Å²) in [7, 11) is 5.42. The minimum absolute atomic E-state index is 0.0344. The van der Waals surface area contributed by atoms with Crippen molar-refractivity contribution in [3.8, 4) is 17.5 Å². The van der Waals surface area contributed by atoms with E-state index < -0.39 is 25.9 Å². The quantitative estimate of drug-likeness (QED) is 0.338. The molecule has 1 aromatic heterocycles. The van der Waals surface area contributed by atoms with E-state index in [0.29, 0.717) is 17.6 Å². The van der Waals surface area contributed by atoms with Gasteiger partial charge in [-0.1, -0.05) is 37.0 Å². The summed E-state index contributed by atoms with van der Waals surface area (Å²) in [5, 5.41) is 3.87. The second-order valence-corrected chi connectivity index (χ2v) is 16.5. The molecule has 2 aliphatic heterocycles. The van der Waals surface area contributed by atoms with Gasteiger partial charge >= 0.3 is 0 Å². The van der Waals surface area contributed by atoms with Crippen molar-refractivity contribution in [3.05, 3.63) is 35.8 Å². The van der Waals surface area contributed by atoms with Gasteiger partial charge in [0.2, 0.25) is 29.6 Å². The number of rotatable bonds is 10. The van der Waals surface area contributed by atoms with E-state index in [4.69, 9.17) is 18.9 Å². The van der Waals surface area contributed by atoms with Crippen molar-refractivity contribution in [1.82, 2.24) is 14.9 Å². The van der Waals surface area contributed by atoms with Crippen molar-refractivity contribution in [2.24, 2.45) is 5.92 Å². The first-order valence-electron chi connectivity index (χ1n) is 13.3. The number of carbonyl (C=O) groups excluding carboxylic acids is 2. The first-order valence-corrected chi connectivity index (χ1v) is 16.8. The fourth-order valence-electron chi connectivity index (χ4n) is 4.74. The molecule has 0 bridgehead atoms. The summed E-state index contributed by atoms with van der Waals surface area (Å²) in [6.07, 6.45) is 0.775.